The monoisotopic (exact) mass is 393 g/mol. The van der Waals surface area contributed by atoms with E-state index < -0.39 is 11.6 Å². The molecule has 0 radical (unpaired) electrons. The number of benzene rings is 2. The molecule has 0 aliphatic carbocycles. The lowest BCUT2D eigenvalue weighted by Gasteiger charge is -2.28. The number of carbonyl (C=O) groups excluding carboxylic acids is 2. The molecule has 0 fully saturated rings. The average Bonchev–Trinajstić information content (AvgIpc) is 2.70. The summed E-state index contributed by atoms with van der Waals surface area (Å²) >= 11 is 0. The summed E-state index contributed by atoms with van der Waals surface area (Å²) in [6, 6.07) is 14.0. The minimum Gasteiger partial charge on any atom is -0.482 e. The van der Waals surface area contributed by atoms with E-state index in [4.69, 9.17) is 13.9 Å². The maximum absolute atomic E-state index is 12.3. The Morgan fingerprint density at radius 3 is 2.83 bits per heavy atom. The number of hydrogen-bond donors (Lipinski definition) is 0. The van der Waals surface area contributed by atoms with Gasteiger partial charge in [-0.3, -0.25) is 9.59 Å². The number of fused-ring (bicyclic) bond motifs is 2. The standard InChI is InChI=1S/C22H19NO6/c1-14-6-7-16-15(11-22(26)29-19(16)10-14)12-28-21(25)8-9-23-17-4-2-3-5-18(17)27-13-20(23)24/h2-7,10-11H,8-9,12-13H2,1H3. The summed E-state index contributed by atoms with van der Waals surface area (Å²) in [5, 5.41) is 0.722. The SMILES string of the molecule is Cc1ccc2c(COC(=O)CCN3C(=O)COc4ccccc43)cc(=O)oc2c1. The third kappa shape index (κ3) is 3.99. The largest absolute Gasteiger partial charge is 0.482 e. The lowest BCUT2D eigenvalue weighted by atomic mass is 10.1. The van der Waals surface area contributed by atoms with E-state index in [1.165, 1.54) is 11.0 Å². The predicted molar refractivity (Wildman–Crippen MR) is 106 cm³/mol. The second-order valence-electron chi connectivity index (χ2n) is 6.80. The molecule has 3 aromatic rings. The molecule has 0 bridgehead atoms. The number of para-hydroxylation sites is 2. The van der Waals surface area contributed by atoms with E-state index >= 15 is 0 Å². The fraction of sp³-hybridized carbons (Fsp3) is 0.227. The highest BCUT2D eigenvalue weighted by atomic mass is 16.5. The molecule has 1 aromatic heterocycles. The normalized spacial score (nSPS) is 13.1. The van der Waals surface area contributed by atoms with Crippen molar-refractivity contribution in [2.75, 3.05) is 18.1 Å². The molecule has 2 aromatic carbocycles. The second kappa shape index (κ2) is 7.79. The van der Waals surface area contributed by atoms with Crippen LogP contribution in [0, 0.1) is 6.92 Å². The fourth-order valence-electron chi connectivity index (χ4n) is 3.29. The summed E-state index contributed by atoms with van der Waals surface area (Å²) < 4.78 is 15.9. The van der Waals surface area contributed by atoms with Gasteiger partial charge in [0.2, 0.25) is 0 Å². The molecular formula is C22H19NO6. The molecule has 29 heavy (non-hydrogen) atoms. The van der Waals surface area contributed by atoms with E-state index in [2.05, 4.69) is 0 Å². The second-order valence-corrected chi connectivity index (χ2v) is 6.80. The van der Waals surface area contributed by atoms with E-state index in [1.807, 2.05) is 25.1 Å². The van der Waals surface area contributed by atoms with Gasteiger partial charge in [-0.25, -0.2) is 4.79 Å². The number of esters is 1. The summed E-state index contributed by atoms with van der Waals surface area (Å²) in [6.07, 6.45) is 0.0263. The Hall–Kier alpha value is -3.61. The van der Waals surface area contributed by atoms with Crippen LogP contribution >= 0.6 is 0 Å². The molecule has 2 heterocycles. The van der Waals surface area contributed by atoms with Crippen LogP contribution in [0.3, 0.4) is 0 Å². The average molecular weight is 393 g/mol. The number of nitrogens with zero attached hydrogens (tertiary/aromatic N) is 1. The highest BCUT2D eigenvalue weighted by Gasteiger charge is 2.25. The summed E-state index contributed by atoms with van der Waals surface area (Å²) in [5.41, 5.74) is 2.14. The highest BCUT2D eigenvalue weighted by Crippen LogP contribution is 2.31. The summed E-state index contributed by atoms with van der Waals surface area (Å²) in [4.78, 5) is 37.7. The Morgan fingerprint density at radius 2 is 1.97 bits per heavy atom. The number of ether oxygens (including phenoxy) is 2. The van der Waals surface area contributed by atoms with Crippen LogP contribution in [-0.2, 0) is 20.9 Å². The Balaban J connectivity index is 1.42. The third-order valence-electron chi connectivity index (χ3n) is 4.72. The molecule has 0 N–H and O–H groups in total. The van der Waals surface area contributed by atoms with Gasteiger partial charge in [0.05, 0.1) is 12.1 Å². The maximum atomic E-state index is 12.3. The van der Waals surface area contributed by atoms with Crippen molar-refractivity contribution in [2.45, 2.75) is 20.0 Å². The van der Waals surface area contributed by atoms with Gasteiger partial charge in [0.25, 0.3) is 5.91 Å². The Morgan fingerprint density at radius 1 is 1.14 bits per heavy atom. The minimum absolute atomic E-state index is 0.0263. The first kappa shape index (κ1) is 18.7. The number of rotatable bonds is 5. The van der Waals surface area contributed by atoms with Gasteiger partial charge in [0.15, 0.2) is 6.61 Å². The number of anilines is 1. The predicted octanol–water partition coefficient (Wildman–Crippen LogP) is 2.96. The Labute approximate surface area is 166 Å². The molecule has 7 nitrogen and oxygen atoms in total. The molecule has 0 unspecified atom stereocenters. The van der Waals surface area contributed by atoms with Gasteiger partial charge in [-0.1, -0.05) is 24.3 Å². The Bertz CT molecular complexity index is 1150. The number of carbonyl (C=O) groups is 2. The van der Waals surface area contributed by atoms with Gasteiger partial charge >= 0.3 is 11.6 Å². The molecular weight excluding hydrogens is 374 g/mol. The van der Waals surface area contributed by atoms with Crippen molar-refractivity contribution >= 4 is 28.5 Å². The van der Waals surface area contributed by atoms with Crippen LogP contribution < -0.4 is 15.3 Å². The van der Waals surface area contributed by atoms with E-state index in [1.54, 1.807) is 24.3 Å². The molecule has 0 saturated heterocycles. The van der Waals surface area contributed by atoms with Crippen LogP contribution in [0.5, 0.6) is 5.75 Å². The zero-order chi connectivity index (χ0) is 20.4. The number of hydrogen-bond acceptors (Lipinski definition) is 6. The Kier molecular flexibility index (Phi) is 5.03. The summed E-state index contributed by atoms with van der Waals surface area (Å²) in [7, 11) is 0. The lowest BCUT2D eigenvalue weighted by molar-refractivity contribution is -0.144. The van der Waals surface area contributed by atoms with Gasteiger partial charge in [-0.15, -0.1) is 0 Å². The van der Waals surface area contributed by atoms with Crippen LogP contribution in [0.1, 0.15) is 17.5 Å². The first-order valence-electron chi connectivity index (χ1n) is 9.22. The van der Waals surface area contributed by atoms with Crippen molar-refractivity contribution in [3.63, 3.8) is 0 Å². The lowest BCUT2D eigenvalue weighted by Crippen LogP contribution is -2.40. The van der Waals surface area contributed by atoms with Crippen molar-refractivity contribution in [1.29, 1.82) is 0 Å². The molecule has 1 amide bonds. The van der Waals surface area contributed by atoms with Crippen LogP contribution in [0.2, 0.25) is 0 Å². The van der Waals surface area contributed by atoms with Crippen molar-refractivity contribution in [2.24, 2.45) is 0 Å². The maximum Gasteiger partial charge on any atom is 0.336 e. The van der Waals surface area contributed by atoms with E-state index in [0.29, 0.717) is 22.6 Å². The summed E-state index contributed by atoms with van der Waals surface area (Å²) in [5.74, 6) is -0.0629. The quantitative estimate of drug-likeness (QED) is 0.489. The van der Waals surface area contributed by atoms with E-state index in [0.717, 1.165) is 10.9 Å². The number of aryl methyl sites for hydroxylation is 1. The van der Waals surface area contributed by atoms with Gasteiger partial charge in [-0.2, -0.15) is 0 Å². The van der Waals surface area contributed by atoms with Gasteiger partial charge < -0.3 is 18.8 Å². The molecule has 0 spiro atoms. The van der Waals surface area contributed by atoms with Crippen LogP contribution in [0.25, 0.3) is 11.0 Å². The highest BCUT2D eigenvalue weighted by molar-refractivity contribution is 5.98. The molecule has 148 valence electrons. The van der Waals surface area contributed by atoms with Crippen LogP contribution in [-0.4, -0.2) is 25.0 Å². The minimum atomic E-state index is -0.496. The first-order chi connectivity index (χ1) is 14.0. The van der Waals surface area contributed by atoms with Crippen molar-refractivity contribution in [3.05, 3.63) is 70.1 Å². The molecule has 0 saturated carbocycles. The van der Waals surface area contributed by atoms with E-state index in [9.17, 15) is 14.4 Å². The summed E-state index contributed by atoms with van der Waals surface area (Å²) in [6.45, 7) is 1.99. The zero-order valence-electron chi connectivity index (χ0n) is 15.8. The van der Waals surface area contributed by atoms with Gasteiger partial charge in [0.1, 0.15) is 17.9 Å². The molecule has 0 atom stereocenters. The third-order valence-corrected chi connectivity index (χ3v) is 4.72. The zero-order valence-corrected chi connectivity index (χ0v) is 15.8. The molecule has 1 aliphatic rings. The van der Waals surface area contributed by atoms with Crippen molar-refractivity contribution < 1.29 is 23.5 Å². The van der Waals surface area contributed by atoms with Crippen molar-refractivity contribution in [3.8, 4) is 5.75 Å². The van der Waals surface area contributed by atoms with E-state index in [-0.39, 0.29) is 32.1 Å². The number of amides is 1. The van der Waals surface area contributed by atoms with Crippen LogP contribution in [0.15, 0.2) is 57.7 Å². The molecule has 7 heteroatoms. The smallest absolute Gasteiger partial charge is 0.336 e. The fourth-order valence-corrected chi connectivity index (χ4v) is 3.29. The van der Waals surface area contributed by atoms with Crippen molar-refractivity contribution in [1.82, 2.24) is 0 Å². The molecule has 1 aliphatic heterocycles. The van der Waals surface area contributed by atoms with Gasteiger partial charge in [0, 0.05) is 23.6 Å². The first-order valence-corrected chi connectivity index (χ1v) is 9.22. The van der Waals surface area contributed by atoms with Gasteiger partial charge in [-0.05, 0) is 30.7 Å². The topological polar surface area (TPSA) is 86.0 Å². The van der Waals surface area contributed by atoms with Crippen LogP contribution in [0.4, 0.5) is 5.69 Å². The molecule has 4 rings (SSSR count).